The van der Waals surface area contributed by atoms with Gasteiger partial charge in [-0.1, -0.05) is 13.0 Å². The van der Waals surface area contributed by atoms with Crippen molar-refractivity contribution in [3.8, 4) is 0 Å². The maximum absolute atomic E-state index is 12.0. The molecule has 0 bridgehead atoms. The SMILES string of the molecule is Cc1ccc(S(=O)(=O)NCC(C)C(=O)O)cc1C(N)=O. The fourth-order valence-electron chi connectivity index (χ4n) is 1.44. The van der Waals surface area contributed by atoms with Gasteiger partial charge in [0.2, 0.25) is 15.9 Å². The summed E-state index contributed by atoms with van der Waals surface area (Å²) in [6.07, 6.45) is 0. The number of hydrogen-bond donors (Lipinski definition) is 3. The van der Waals surface area contributed by atoms with Gasteiger partial charge < -0.3 is 10.8 Å². The van der Waals surface area contributed by atoms with E-state index in [9.17, 15) is 18.0 Å². The highest BCUT2D eigenvalue weighted by atomic mass is 32.2. The quantitative estimate of drug-likeness (QED) is 0.686. The van der Waals surface area contributed by atoms with E-state index in [4.69, 9.17) is 10.8 Å². The smallest absolute Gasteiger partial charge is 0.307 e. The number of primary amides is 1. The van der Waals surface area contributed by atoms with Gasteiger partial charge in [-0.25, -0.2) is 13.1 Å². The minimum atomic E-state index is -3.88. The van der Waals surface area contributed by atoms with E-state index in [1.807, 2.05) is 0 Å². The molecule has 8 heteroatoms. The van der Waals surface area contributed by atoms with Crippen molar-refractivity contribution < 1.29 is 23.1 Å². The first kappa shape index (κ1) is 16.1. The van der Waals surface area contributed by atoms with Crippen LogP contribution >= 0.6 is 0 Å². The number of benzene rings is 1. The molecule has 7 nitrogen and oxygen atoms in total. The van der Waals surface area contributed by atoms with Crippen LogP contribution < -0.4 is 10.5 Å². The topological polar surface area (TPSA) is 127 Å². The summed E-state index contributed by atoms with van der Waals surface area (Å²) in [4.78, 5) is 21.7. The largest absolute Gasteiger partial charge is 0.481 e. The third kappa shape index (κ3) is 3.78. The van der Waals surface area contributed by atoms with Crippen LogP contribution in [0.5, 0.6) is 0 Å². The maximum atomic E-state index is 12.0. The molecular formula is C12H16N2O5S. The van der Waals surface area contributed by atoms with Crippen molar-refractivity contribution >= 4 is 21.9 Å². The predicted octanol–water partition coefficient (Wildman–Crippen LogP) is 0.0929. The van der Waals surface area contributed by atoms with Crippen molar-refractivity contribution in [1.82, 2.24) is 4.72 Å². The van der Waals surface area contributed by atoms with Gasteiger partial charge in [0.25, 0.3) is 0 Å². The Bertz CT molecular complexity index is 639. The van der Waals surface area contributed by atoms with E-state index in [2.05, 4.69) is 4.72 Å². The highest BCUT2D eigenvalue weighted by Gasteiger charge is 2.19. The maximum Gasteiger partial charge on any atom is 0.307 e. The van der Waals surface area contributed by atoms with Crippen molar-refractivity contribution in [3.05, 3.63) is 29.3 Å². The van der Waals surface area contributed by atoms with Gasteiger partial charge in [0, 0.05) is 12.1 Å². The Morgan fingerprint density at radius 3 is 2.50 bits per heavy atom. The summed E-state index contributed by atoms with van der Waals surface area (Å²) in [7, 11) is -3.88. The van der Waals surface area contributed by atoms with Crippen LogP contribution in [0.25, 0.3) is 0 Å². The van der Waals surface area contributed by atoms with Crippen LogP contribution in [-0.2, 0) is 14.8 Å². The molecule has 1 atom stereocenters. The number of rotatable bonds is 6. The molecule has 20 heavy (non-hydrogen) atoms. The van der Waals surface area contributed by atoms with E-state index in [1.165, 1.54) is 25.1 Å². The van der Waals surface area contributed by atoms with Gasteiger partial charge in [-0.3, -0.25) is 9.59 Å². The molecule has 0 heterocycles. The summed E-state index contributed by atoms with van der Waals surface area (Å²) in [6.45, 7) is 2.78. The van der Waals surface area contributed by atoms with Gasteiger partial charge in [-0.15, -0.1) is 0 Å². The Labute approximate surface area is 116 Å². The lowest BCUT2D eigenvalue weighted by atomic mass is 10.1. The monoisotopic (exact) mass is 300 g/mol. The lowest BCUT2D eigenvalue weighted by Crippen LogP contribution is -2.31. The molecule has 0 aliphatic carbocycles. The van der Waals surface area contributed by atoms with E-state index in [1.54, 1.807) is 6.92 Å². The Morgan fingerprint density at radius 1 is 1.40 bits per heavy atom. The number of carbonyl (C=O) groups excluding carboxylic acids is 1. The predicted molar refractivity (Wildman–Crippen MR) is 71.7 cm³/mol. The van der Waals surface area contributed by atoms with Gasteiger partial charge in [0.15, 0.2) is 0 Å². The zero-order chi connectivity index (χ0) is 15.5. The third-order valence-corrected chi connectivity index (χ3v) is 4.21. The van der Waals surface area contributed by atoms with Gasteiger partial charge in [0.05, 0.1) is 10.8 Å². The van der Waals surface area contributed by atoms with Crippen molar-refractivity contribution in [3.63, 3.8) is 0 Å². The first-order chi connectivity index (χ1) is 9.15. The lowest BCUT2D eigenvalue weighted by molar-refractivity contribution is -0.140. The first-order valence-corrected chi connectivity index (χ1v) is 7.26. The van der Waals surface area contributed by atoms with E-state index in [0.717, 1.165) is 0 Å². The van der Waals surface area contributed by atoms with Gasteiger partial charge in [-0.2, -0.15) is 0 Å². The minimum absolute atomic E-state index is 0.110. The van der Waals surface area contributed by atoms with Crippen LogP contribution in [0, 0.1) is 12.8 Å². The van der Waals surface area contributed by atoms with E-state index < -0.39 is 27.8 Å². The first-order valence-electron chi connectivity index (χ1n) is 5.78. The molecule has 1 aromatic carbocycles. The zero-order valence-electron chi connectivity index (χ0n) is 11.1. The molecule has 1 rings (SSSR count). The number of amides is 1. The van der Waals surface area contributed by atoms with Crippen molar-refractivity contribution in [2.45, 2.75) is 18.7 Å². The summed E-state index contributed by atoms with van der Waals surface area (Å²) >= 11 is 0. The summed E-state index contributed by atoms with van der Waals surface area (Å²) in [6, 6.07) is 3.97. The summed E-state index contributed by atoms with van der Waals surface area (Å²) in [5, 5.41) is 8.71. The van der Waals surface area contributed by atoms with Gasteiger partial charge in [-0.05, 0) is 24.6 Å². The average molecular weight is 300 g/mol. The second kappa shape index (κ2) is 6.02. The molecule has 0 aromatic heterocycles. The average Bonchev–Trinajstić information content (AvgIpc) is 2.35. The minimum Gasteiger partial charge on any atom is -0.481 e. The molecular weight excluding hydrogens is 284 g/mol. The molecule has 0 radical (unpaired) electrons. The van der Waals surface area contributed by atoms with E-state index in [-0.39, 0.29) is 17.0 Å². The molecule has 0 fully saturated rings. The standard InChI is InChI=1S/C12H16N2O5S/c1-7-3-4-9(5-10(7)11(13)15)20(18,19)14-6-8(2)12(16)17/h3-5,8,14H,6H2,1-2H3,(H2,13,15)(H,16,17). The molecule has 1 amide bonds. The van der Waals surface area contributed by atoms with Gasteiger partial charge >= 0.3 is 5.97 Å². The molecule has 1 aromatic rings. The molecule has 0 aliphatic heterocycles. The van der Waals surface area contributed by atoms with Crippen LogP contribution in [-0.4, -0.2) is 31.9 Å². The molecule has 0 aliphatic rings. The molecule has 0 saturated heterocycles. The Balaban J connectivity index is 3.01. The van der Waals surface area contributed by atoms with Crippen molar-refractivity contribution in [1.29, 1.82) is 0 Å². The lowest BCUT2D eigenvalue weighted by Gasteiger charge is -2.11. The number of carbonyl (C=O) groups is 2. The summed E-state index contributed by atoms with van der Waals surface area (Å²) < 4.78 is 26.2. The summed E-state index contributed by atoms with van der Waals surface area (Å²) in [5.74, 6) is -2.68. The zero-order valence-corrected chi connectivity index (χ0v) is 11.9. The van der Waals surface area contributed by atoms with E-state index >= 15 is 0 Å². The number of carboxylic acid groups (broad SMARTS) is 1. The third-order valence-electron chi connectivity index (χ3n) is 2.79. The van der Waals surface area contributed by atoms with Crippen LogP contribution in [0.2, 0.25) is 0 Å². The highest BCUT2D eigenvalue weighted by Crippen LogP contribution is 2.15. The molecule has 1 unspecified atom stereocenters. The van der Waals surface area contributed by atoms with Crippen LogP contribution in [0.4, 0.5) is 0 Å². The fraction of sp³-hybridized carbons (Fsp3) is 0.333. The Morgan fingerprint density at radius 2 is 2.00 bits per heavy atom. The number of aliphatic carboxylic acids is 1. The molecule has 0 saturated carbocycles. The second-order valence-corrected chi connectivity index (χ2v) is 6.20. The highest BCUT2D eigenvalue weighted by molar-refractivity contribution is 7.89. The second-order valence-electron chi connectivity index (χ2n) is 4.43. The van der Waals surface area contributed by atoms with Crippen LogP contribution in [0.15, 0.2) is 23.1 Å². The van der Waals surface area contributed by atoms with Crippen LogP contribution in [0.1, 0.15) is 22.8 Å². The Kier molecular flexibility index (Phi) is 4.85. The van der Waals surface area contributed by atoms with Gasteiger partial charge in [0.1, 0.15) is 0 Å². The number of aryl methyl sites for hydroxylation is 1. The molecule has 110 valence electrons. The van der Waals surface area contributed by atoms with Crippen LogP contribution in [0.3, 0.4) is 0 Å². The number of hydrogen-bond acceptors (Lipinski definition) is 4. The molecule has 0 spiro atoms. The summed E-state index contributed by atoms with van der Waals surface area (Å²) in [5.41, 5.74) is 5.83. The van der Waals surface area contributed by atoms with Crippen molar-refractivity contribution in [2.24, 2.45) is 11.7 Å². The van der Waals surface area contributed by atoms with E-state index in [0.29, 0.717) is 5.56 Å². The number of nitrogens with two attached hydrogens (primary N) is 1. The molecule has 4 N–H and O–H groups in total. The number of carboxylic acids is 1. The Hall–Kier alpha value is -1.93. The van der Waals surface area contributed by atoms with Crippen molar-refractivity contribution in [2.75, 3.05) is 6.54 Å². The fourth-order valence-corrected chi connectivity index (χ4v) is 2.60. The number of nitrogens with one attached hydrogen (secondary N) is 1. The number of sulfonamides is 1. The normalized spacial score (nSPS) is 12.9.